The first-order valence-electron chi connectivity index (χ1n) is 5.27. The second-order valence-electron chi connectivity index (χ2n) is 4.10. The van der Waals surface area contributed by atoms with Crippen LogP contribution in [0.25, 0.3) is 0 Å². The van der Waals surface area contributed by atoms with Crippen molar-refractivity contribution in [3.05, 3.63) is 17.0 Å². The summed E-state index contributed by atoms with van der Waals surface area (Å²) >= 11 is 0. The number of carbonyl (C=O) groups is 2. The van der Waals surface area contributed by atoms with Crippen LogP contribution in [0.3, 0.4) is 0 Å². The average Bonchev–Trinajstić information content (AvgIpc) is 2.50. The summed E-state index contributed by atoms with van der Waals surface area (Å²) in [6, 6.07) is -0.860. The number of hydrogen-bond donors (Lipinski definition) is 1. The number of aromatic nitrogens is 2. The Kier molecular flexibility index (Phi) is 3.55. The molecule has 1 unspecified atom stereocenters. The second kappa shape index (κ2) is 4.57. The molecule has 1 aromatic heterocycles. The number of carboxylic acid groups (broad SMARTS) is 1. The first kappa shape index (κ1) is 13.2. The molecule has 0 aromatic carbocycles. The Balaban J connectivity index is 3.09. The Morgan fingerprint density at radius 2 is 1.94 bits per heavy atom. The highest BCUT2D eigenvalue weighted by atomic mass is 16.4. The zero-order valence-electron chi connectivity index (χ0n) is 10.7. The zero-order chi connectivity index (χ0) is 13.3. The van der Waals surface area contributed by atoms with Crippen LogP contribution in [-0.2, 0) is 11.8 Å². The lowest BCUT2D eigenvalue weighted by Gasteiger charge is -2.21. The Labute approximate surface area is 99.8 Å². The number of aryl methyl sites for hydroxylation is 2. The van der Waals surface area contributed by atoms with E-state index in [2.05, 4.69) is 5.10 Å². The molecule has 0 radical (unpaired) electrons. The van der Waals surface area contributed by atoms with Crippen molar-refractivity contribution < 1.29 is 14.7 Å². The lowest BCUT2D eigenvalue weighted by Crippen LogP contribution is -2.40. The summed E-state index contributed by atoms with van der Waals surface area (Å²) in [5.74, 6) is -1.34. The summed E-state index contributed by atoms with van der Waals surface area (Å²) in [5, 5.41) is 13.0. The van der Waals surface area contributed by atoms with Crippen molar-refractivity contribution in [2.24, 2.45) is 7.05 Å². The van der Waals surface area contributed by atoms with Crippen molar-refractivity contribution >= 4 is 11.9 Å². The van der Waals surface area contributed by atoms with E-state index in [0.29, 0.717) is 11.3 Å². The Bertz CT molecular complexity index is 465. The molecule has 94 valence electrons. The van der Waals surface area contributed by atoms with E-state index in [1.807, 2.05) is 0 Å². The van der Waals surface area contributed by atoms with Gasteiger partial charge < -0.3 is 10.0 Å². The predicted molar refractivity (Wildman–Crippen MR) is 61.9 cm³/mol. The van der Waals surface area contributed by atoms with Crippen molar-refractivity contribution in [1.82, 2.24) is 14.7 Å². The van der Waals surface area contributed by atoms with Crippen molar-refractivity contribution in [1.29, 1.82) is 0 Å². The third-order valence-corrected chi connectivity index (χ3v) is 2.98. The van der Waals surface area contributed by atoms with Crippen LogP contribution in [0.5, 0.6) is 0 Å². The van der Waals surface area contributed by atoms with Crippen LogP contribution in [0.2, 0.25) is 0 Å². The monoisotopic (exact) mass is 239 g/mol. The molecule has 1 amide bonds. The largest absolute Gasteiger partial charge is 0.480 e. The minimum Gasteiger partial charge on any atom is -0.480 e. The molecule has 0 fully saturated rings. The van der Waals surface area contributed by atoms with Gasteiger partial charge in [0.25, 0.3) is 5.91 Å². The molecule has 1 rings (SSSR count). The van der Waals surface area contributed by atoms with E-state index in [1.165, 1.54) is 18.9 Å². The van der Waals surface area contributed by atoms with Crippen molar-refractivity contribution in [3.63, 3.8) is 0 Å². The average molecular weight is 239 g/mol. The fourth-order valence-corrected chi connectivity index (χ4v) is 1.60. The lowest BCUT2D eigenvalue weighted by atomic mass is 10.1. The van der Waals surface area contributed by atoms with E-state index in [-0.39, 0.29) is 5.91 Å². The molecule has 0 saturated heterocycles. The normalized spacial score (nSPS) is 12.3. The highest BCUT2D eigenvalue weighted by molar-refractivity contribution is 5.98. The maximum absolute atomic E-state index is 12.2. The van der Waals surface area contributed by atoms with E-state index in [9.17, 15) is 9.59 Å². The van der Waals surface area contributed by atoms with Crippen LogP contribution in [0.15, 0.2) is 0 Å². The van der Waals surface area contributed by atoms with Crippen molar-refractivity contribution in [3.8, 4) is 0 Å². The maximum Gasteiger partial charge on any atom is 0.326 e. The van der Waals surface area contributed by atoms with Gasteiger partial charge in [-0.1, -0.05) is 0 Å². The number of rotatable bonds is 3. The van der Waals surface area contributed by atoms with Gasteiger partial charge >= 0.3 is 5.97 Å². The van der Waals surface area contributed by atoms with Gasteiger partial charge in [-0.05, 0) is 20.8 Å². The van der Waals surface area contributed by atoms with Crippen LogP contribution in [0, 0.1) is 13.8 Å². The standard InChI is InChI=1S/C11H17N3O3/c1-6-9(7(2)14(5)12-6)10(15)13(4)8(3)11(16)17/h8H,1-5H3,(H,16,17). The third kappa shape index (κ3) is 2.30. The number of hydrogen-bond acceptors (Lipinski definition) is 3. The molecule has 1 aromatic rings. The minimum absolute atomic E-state index is 0.317. The summed E-state index contributed by atoms with van der Waals surface area (Å²) < 4.78 is 1.61. The number of aliphatic carboxylic acids is 1. The quantitative estimate of drug-likeness (QED) is 0.837. The van der Waals surface area contributed by atoms with Crippen molar-refractivity contribution in [2.45, 2.75) is 26.8 Å². The first-order chi connectivity index (χ1) is 7.77. The van der Waals surface area contributed by atoms with Crippen LogP contribution in [0.4, 0.5) is 0 Å². The van der Waals surface area contributed by atoms with E-state index >= 15 is 0 Å². The van der Waals surface area contributed by atoms with Gasteiger partial charge in [-0.25, -0.2) is 4.79 Å². The Hall–Kier alpha value is -1.85. The van der Waals surface area contributed by atoms with Crippen LogP contribution in [0.1, 0.15) is 28.7 Å². The SMILES string of the molecule is Cc1nn(C)c(C)c1C(=O)N(C)C(C)C(=O)O. The second-order valence-corrected chi connectivity index (χ2v) is 4.10. The topological polar surface area (TPSA) is 75.4 Å². The molecule has 0 bridgehead atoms. The van der Waals surface area contributed by atoms with Gasteiger partial charge in [-0.2, -0.15) is 5.10 Å². The molecule has 0 aliphatic carbocycles. The number of carboxylic acids is 1. The van der Waals surface area contributed by atoms with Gasteiger partial charge in [-0.3, -0.25) is 9.48 Å². The molecule has 0 saturated carbocycles. The minimum atomic E-state index is -1.03. The number of nitrogens with zero attached hydrogens (tertiary/aromatic N) is 3. The van der Waals surface area contributed by atoms with Crippen molar-refractivity contribution in [2.75, 3.05) is 7.05 Å². The van der Waals surface area contributed by atoms with Crippen LogP contribution >= 0.6 is 0 Å². The predicted octanol–water partition coefficient (Wildman–Crippen LogP) is 0.582. The van der Waals surface area contributed by atoms with Crippen LogP contribution in [-0.4, -0.2) is 44.8 Å². The zero-order valence-corrected chi connectivity index (χ0v) is 10.7. The maximum atomic E-state index is 12.2. The molecule has 6 nitrogen and oxygen atoms in total. The molecule has 1 N–H and O–H groups in total. The molecule has 0 aliphatic rings. The molecule has 1 atom stereocenters. The van der Waals surface area contributed by atoms with Gasteiger partial charge in [0.05, 0.1) is 11.3 Å². The number of carbonyl (C=O) groups excluding carboxylic acids is 1. The van der Waals surface area contributed by atoms with Gasteiger partial charge in [0.2, 0.25) is 0 Å². The molecular formula is C11H17N3O3. The third-order valence-electron chi connectivity index (χ3n) is 2.98. The fraction of sp³-hybridized carbons (Fsp3) is 0.545. The Morgan fingerprint density at radius 3 is 2.29 bits per heavy atom. The number of likely N-dealkylation sites (N-methyl/N-ethyl adjacent to an activating group) is 1. The van der Waals surface area contributed by atoms with Crippen LogP contribution < -0.4 is 0 Å². The van der Waals surface area contributed by atoms with Gasteiger partial charge in [0, 0.05) is 19.8 Å². The summed E-state index contributed by atoms with van der Waals surface area (Å²) in [7, 11) is 3.23. The van der Waals surface area contributed by atoms with Gasteiger partial charge in [0.1, 0.15) is 6.04 Å². The highest BCUT2D eigenvalue weighted by Crippen LogP contribution is 2.15. The summed E-state index contributed by atoms with van der Waals surface area (Å²) in [4.78, 5) is 24.2. The summed E-state index contributed by atoms with van der Waals surface area (Å²) in [5.41, 5.74) is 1.82. The summed E-state index contributed by atoms with van der Waals surface area (Å²) in [6.07, 6.45) is 0. The van der Waals surface area contributed by atoms with E-state index in [1.54, 1.807) is 25.6 Å². The fourth-order valence-electron chi connectivity index (χ4n) is 1.60. The van der Waals surface area contributed by atoms with E-state index in [4.69, 9.17) is 5.11 Å². The van der Waals surface area contributed by atoms with E-state index in [0.717, 1.165) is 5.69 Å². The molecule has 6 heteroatoms. The molecule has 0 aliphatic heterocycles. The molecule has 1 heterocycles. The number of amides is 1. The molecular weight excluding hydrogens is 222 g/mol. The molecule has 17 heavy (non-hydrogen) atoms. The van der Waals surface area contributed by atoms with E-state index < -0.39 is 12.0 Å². The first-order valence-corrected chi connectivity index (χ1v) is 5.27. The van der Waals surface area contributed by atoms with Gasteiger partial charge in [-0.15, -0.1) is 0 Å². The molecule has 0 spiro atoms. The highest BCUT2D eigenvalue weighted by Gasteiger charge is 2.26. The summed E-state index contributed by atoms with van der Waals surface area (Å²) in [6.45, 7) is 4.99. The van der Waals surface area contributed by atoms with Gasteiger partial charge in [0.15, 0.2) is 0 Å². The lowest BCUT2D eigenvalue weighted by molar-refractivity contribution is -0.141. The smallest absolute Gasteiger partial charge is 0.326 e. The Morgan fingerprint density at radius 1 is 1.41 bits per heavy atom.